The molecule has 0 aliphatic carbocycles. The molecule has 0 fully saturated rings. The maximum atomic E-state index is 11.2. The molecule has 0 saturated heterocycles. The molecule has 1 aromatic heterocycles. The molecule has 3 nitrogen and oxygen atoms in total. The van der Waals surface area contributed by atoms with Gasteiger partial charge in [0.05, 0.1) is 11.1 Å². The van der Waals surface area contributed by atoms with Gasteiger partial charge >= 0.3 is 0 Å². The first-order chi connectivity index (χ1) is 7.08. The highest BCUT2D eigenvalue weighted by Crippen LogP contribution is 2.21. The molecule has 2 N–H and O–H groups in total. The van der Waals surface area contributed by atoms with E-state index in [4.69, 9.17) is 17.3 Å². The van der Waals surface area contributed by atoms with Gasteiger partial charge in [0.25, 0.3) is 0 Å². The minimum Gasteiger partial charge on any atom is -0.366 e. The Labute approximate surface area is 91.9 Å². The van der Waals surface area contributed by atoms with Gasteiger partial charge in [-0.3, -0.25) is 4.79 Å². The molecule has 0 spiro atoms. The number of aromatic nitrogens is 1. The Kier molecular flexibility index (Phi) is 2.32. The third kappa shape index (κ3) is 1.78. The summed E-state index contributed by atoms with van der Waals surface area (Å²) in [4.78, 5) is 15.3. The minimum absolute atomic E-state index is 0.278. The Morgan fingerprint density at radius 1 is 1.40 bits per heavy atom. The van der Waals surface area contributed by atoms with Gasteiger partial charge in [0.2, 0.25) is 5.91 Å². The highest BCUT2D eigenvalue weighted by Gasteiger charge is 2.09. The van der Waals surface area contributed by atoms with Crippen LogP contribution < -0.4 is 5.73 Å². The highest BCUT2D eigenvalue weighted by molar-refractivity contribution is 6.30. The molecule has 0 radical (unpaired) electrons. The zero-order valence-corrected chi connectivity index (χ0v) is 8.88. The number of amides is 1. The van der Waals surface area contributed by atoms with E-state index in [9.17, 15) is 4.79 Å². The zero-order chi connectivity index (χ0) is 11.0. The molecule has 0 unspecified atom stereocenters. The molecule has 0 saturated carbocycles. The Bertz CT molecular complexity index is 552. The third-order valence-corrected chi connectivity index (χ3v) is 2.39. The predicted octanol–water partition coefficient (Wildman–Crippen LogP) is 2.30. The average Bonchev–Trinajstić information content (AvgIpc) is 2.17. The van der Waals surface area contributed by atoms with Gasteiger partial charge in [-0.25, -0.2) is 4.98 Å². The van der Waals surface area contributed by atoms with Gasteiger partial charge < -0.3 is 5.73 Å². The number of benzene rings is 1. The minimum atomic E-state index is -0.491. The summed E-state index contributed by atoms with van der Waals surface area (Å²) < 4.78 is 0. The van der Waals surface area contributed by atoms with E-state index in [1.165, 1.54) is 6.07 Å². The molecule has 76 valence electrons. The summed E-state index contributed by atoms with van der Waals surface area (Å²) in [6.45, 7) is 1.94. The number of carbonyl (C=O) groups excluding carboxylic acids is 1. The van der Waals surface area contributed by atoms with Crippen LogP contribution in [0.25, 0.3) is 10.9 Å². The number of hydrogen-bond donors (Lipinski definition) is 1. The molecule has 2 rings (SSSR count). The summed E-state index contributed by atoms with van der Waals surface area (Å²) in [6, 6.07) is 7.10. The number of primary amides is 1. The smallest absolute Gasteiger partial charge is 0.249 e. The van der Waals surface area contributed by atoms with E-state index in [0.29, 0.717) is 11.1 Å². The molecule has 4 heteroatoms. The number of nitrogens with zero attached hydrogens (tertiary/aromatic N) is 1. The molecule has 1 heterocycles. The molecule has 1 amide bonds. The first-order valence-corrected chi connectivity index (χ1v) is 4.82. The van der Waals surface area contributed by atoms with Crippen molar-refractivity contribution in [2.75, 3.05) is 0 Å². The van der Waals surface area contributed by atoms with Crippen molar-refractivity contribution in [3.63, 3.8) is 0 Å². The number of fused-ring (bicyclic) bond motifs is 1. The fraction of sp³-hybridized carbons (Fsp3) is 0.0909. The fourth-order valence-electron chi connectivity index (χ4n) is 1.51. The summed E-state index contributed by atoms with van der Waals surface area (Å²) in [7, 11) is 0. The average molecular weight is 221 g/mol. The summed E-state index contributed by atoms with van der Waals surface area (Å²) in [6.07, 6.45) is 0. The molecule has 1 aromatic carbocycles. The number of halogens is 1. The number of nitrogens with two attached hydrogens (primary N) is 1. The summed E-state index contributed by atoms with van der Waals surface area (Å²) >= 11 is 5.79. The van der Waals surface area contributed by atoms with Crippen molar-refractivity contribution in [2.45, 2.75) is 6.92 Å². The zero-order valence-electron chi connectivity index (χ0n) is 8.12. The van der Waals surface area contributed by atoms with Gasteiger partial charge in [0.1, 0.15) is 5.15 Å². The lowest BCUT2D eigenvalue weighted by Crippen LogP contribution is -2.11. The van der Waals surface area contributed by atoms with E-state index in [-0.39, 0.29) is 5.15 Å². The van der Waals surface area contributed by atoms with Crippen LogP contribution in [0.3, 0.4) is 0 Å². The van der Waals surface area contributed by atoms with Crippen LogP contribution in [0.2, 0.25) is 5.15 Å². The Morgan fingerprint density at radius 2 is 2.13 bits per heavy atom. The second-order valence-electron chi connectivity index (χ2n) is 3.38. The van der Waals surface area contributed by atoms with Crippen molar-refractivity contribution in [3.05, 3.63) is 40.5 Å². The fourth-order valence-corrected chi connectivity index (χ4v) is 1.71. The molecule has 2 aromatic rings. The van der Waals surface area contributed by atoms with E-state index in [0.717, 1.165) is 10.9 Å². The molecule has 0 aliphatic rings. The monoisotopic (exact) mass is 220 g/mol. The Balaban J connectivity index is 2.87. The van der Waals surface area contributed by atoms with Gasteiger partial charge in [-0.05, 0) is 25.1 Å². The first-order valence-electron chi connectivity index (χ1n) is 4.44. The topological polar surface area (TPSA) is 56.0 Å². The second-order valence-corrected chi connectivity index (χ2v) is 3.76. The van der Waals surface area contributed by atoms with Crippen LogP contribution in [0.4, 0.5) is 0 Å². The molecule has 0 bridgehead atoms. The van der Waals surface area contributed by atoms with Crippen LogP contribution in [-0.4, -0.2) is 10.9 Å². The standard InChI is InChI=1S/C11H9ClN2O/c1-6-2-3-9-7(4-6)8(11(13)15)5-10(12)14-9/h2-5H,1H3,(H2,13,15). The van der Waals surface area contributed by atoms with E-state index in [1.807, 2.05) is 25.1 Å². The highest BCUT2D eigenvalue weighted by atomic mass is 35.5. The van der Waals surface area contributed by atoms with Gasteiger partial charge in [0, 0.05) is 5.39 Å². The van der Waals surface area contributed by atoms with Gasteiger partial charge in [-0.15, -0.1) is 0 Å². The van der Waals surface area contributed by atoms with Crippen LogP contribution in [-0.2, 0) is 0 Å². The van der Waals surface area contributed by atoms with Crippen molar-refractivity contribution in [2.24, 2.45) is 5.73 Å². The number of pyridine rings is 1. The number of rotatable bonds is 1. The van der Waals surface area contributed by atoms with Crippen molar-refractivity contribution < 1.29 is 4.79 Å². The normalized spacial score (nSPS) is 10.5. The maximum absolute atomic E-state index is 11.2. The van der Waals surface area contributed by atoms with E-state index in [2.05, 4.69) is 4.98 Å². The predicted molar refractivity (Wildman–Crippen MR) is 60.0 cm³/mol. The third-order valence-electron chi connectivity index (χ3n) is 2.20. The Morgan fingerprint density at radius 3 is 2.80 bits per heavy atom. The van der Waals surface area contributed by atoms with Crippen molar-refractivity contribution in [1.29, 1.82) is 0 Å². The van der Waals surface area contributed by atoms with Crippen molar-refractivity contribution in [3.8, 4) is 0 Å². The summed E-state index contributed by atoms with van der Waals surface area (Å²) in [5, 5.41) is 1.02. The first kappa shape index (κ1) is 9.93. The lowest BCUT2D eigenvalue weighted by atomic mass is 10.1. The van der Waals surface area contributed by atoms with E-state index < -0.39 is 5.91 Å². The SMILES string of the molecule is Cc1ccc2nc(Cl)cc(C(N)=O)c2c1. The molecular formula is C11H9ClN2O. The van der Waals surface area contributed by atoms with Crippen molar-refractivity contribution in [1.82, 2.24) is 4.98 Å². The second kappa shape index (κ2) is 3.51. The molecular weight excluding hydrogens is 212 g/mol. The van der Waals surface area contributed by atoms with Crippen LogP contribution in [0.1, 0.15) is 15.9 Å². The maximum Gasteiger partial charge on any atom is 0.249 e. The van der Waals surface area contributed by atoms with Gasteiger partial charge in [0.15, 0.2) is 0 Å². The number of hydrogen-bond acceptors (Lipinski definition) is 2. The van der Waals surface area contributed by atoms with E-state index >= 15 is 0 Å². The Hall–Kier alpha value is -1.61. The van der Waals surface area contributed by atoms with Crippen LogP contribution in [0, 0.1) is 6.92 Å². The van der Waals surface area contributed by atoms with Gasteiger partial charge in [-0.1, -0.05) is 23.2 Å². The lowest BCUT2D eigenvalue weighted by molar-refractivity contribution is 0.100. The van der Waals surface area contributed by atoms with Crippen molar-refractivity contribution >= 4 is 28.4 Å². The largest absolute Gasteiger partial charge is 0.366 e. The summed E-state index contributed by atoms with van der Waals surface area (Å²) in [5.41, 5.74) is 7.42. The summed E-state index contributed by atoms with van der Waals surface area (Å²) in [5.74, 6) is -0.491. The number of aryl methyl sites for hydroxylation is 1. The quantitative estimate of drug-likeness (QED) is 0.750. The molecule has 0 aliphatic heterocycles. The molecule has 15 heavy (non-hydrogen) atoms. The van der Waals surface area contributed by atoms with Crippen LogP contribution in [0.5, 0.6) is 0 Å². The molecule has 0 atom stereocenters. The number of carbonyl (C=O) groups is 1. The van der Waals surface area contributed by atoms with Crippen LogP contribution in [0.15, 0.2) is 24.3 Å². The lowest BCUT2D eigenvalue weighted by Gasteiger charge is -2.04. The van der Waals surface area contributed by atoms with Gasteiger partial charge in [-0.2, -0.15) is 0 Å². The van der Waals surface area contributed by atoms with E-state index in [1.54, 1.807) is 0 Å². The van der Waals surface area contributed by atoms with Crippen LogP contribution >= 0.6 is 11.6 Å².